The highest BCUT2D eigenvalue weighted by Crippen LogP contribution is 2.18. The van der Waals surface area contributed by atoms with Crippen molar-refractivity contribution in [2.24, 2.45) is 0 Å². The SMILES string of the molecule is CCC/C=C\C/C=C\CCCCCCCC(=O)OCCCCCCCCCCCCCCCCCCCCCCCCCCCCCCCC(=O)NC(CO)C(O)/C=C/CCCCCCCCCCCC. The van der Waals surface area contributed by atoms with Crippen molar-refractivity contribution in [2.75, 3.05) is 13.2 Å². The van der Waals surface area contributed by atoms with Gasteiger partial charge in [0.2, 0.25) is 5.91 Å². The van der Waals surface area contributed by atoms with Crippen LogP contribution >= 0.6 is 0 Å². The summed E-state index contributed by atoms with van der Waals surface area (Å²) in [6.45, 7) is 4.84. The number of hydrogen-bond donors (Lipinski definition) is 3. The molecule has 6 heteroatoms. The maximum absolute atomic E-state index is 12.4. The molecule has 0 bridgehead atoms. The van der Waals surface area contributed by atoms with Crippen molar-refractivity contribution in [3.63, 3.8) is 0 Å². The number of hydrogen-bond acceptors (Lipinski definition) is 5. The van der Waals surface area contributed by atoms with Crippen molar-refractivity contribution in [2.45, 2.75) is 353 Å². The first-order chi connectivity index (χ1) is 35.0. The molecule has 2 atom stereocenters. The minimum Gasteiger partial charge on any atom is -0.466 e. The number of amides is 1. The predicted molar refractivity (Wildman–Crippen MR) is 310 cm³/mol. The summed E-state index contributed by atoms with van der Waals surface area (Å²) in [6, 6.07) is -0.624. The summed E-state index contributed by atoms with van der Waals surface area (Å²) < 4.78 is 5.47. The molecule has 0 aliphatic rings. The van der Waals surface area contributed by atoms with Gasteiger partial charge in [0.15, 0.2) is 0 Å². The highest BCUT2D eigenvalue weighted by atomic mass is 16.5. The van der Waals surface area contributed by atoms with E-state index in [1.165, 1.54) is 263 Å². The fourth-order valence-electron chi connectivity index (χ4n) is 9.79. The van der Waals surface area contributed by atoms with Crippen LogP contribution < -0.4 is 5.32 Å². The average Bonchev–Trinajstić information content (AvgIpc) is 3.37. The molecule has 0 rings (SSSR count). The maximum atomic E-state index is 12.4. The molecule has 71 heavy (non-hydrogen) atoms. The second kappa shape index (κ2) is 60.6. The Hall–Kier alpha value is -1.92. The van der Waals surface area contributed by atoms with Gasteiger partial charge in [0.25, 0.3) is 0 Å². The minimum atomic E-state index is -0.841. The monoisotopic (exact) mass is 998 g/mol. The Bertz CT molecular complexity index is 1150. The van der Waals surface area contributed by atoms with Gasteiger partial charge in [0.05, 0.1) is 25.4 Å². The van der Waals surface area contributed by atoms with Crippen molar-refractivity contribution >= 4 is 11.9 Å². The molecule has 0 aromatic carbocycles. The lowest BCUT2D eigenvalue weighted by Crippen LogP contribution is -2.45. The zero-order valence-corrected chi connectivity index (χ0v) is 47.7. The standard InChI is InChI=1S/C65H123NO5/c1-3-5-7-9-11-13-15-34-39-43-47-51-55-59-65(70)71-60-56-52-48-44-40-36-33-31-29-27-25-23-21-19-17-18-20-22-24-26-28-30-32-35-38-42-46-50-54-58-64(69)66-62(61-67)63(68)57-53-49-45-41-37-16-14-12-10-8-6-4-2/h7,9,13,15,53,57,62-63,67-68H,3-6,8,10-12,14,16-52,54-56,58-61H2,1-2H3,(H,66,69)/b9-7-,15-13-,57-53+. The topological polar surface area (TPSA) is 95.9 Å². The number of ether oxygens (including phenoxy) is 1. The number of nitrogens with one attached hydrogen (secondary N) is 1. The van der Waals surface area contributed by atoms with E-state index >= 15 is 0 Å². The van der Waals surface area contributed by atoms with E-state index in [-0.39, 0.29) is 18.5 Å². The molecule has 6 nitrogen and oxygen atoms in total. The molecule has 0 saturated carbocycles. The molecule has 0 fully saturated rings. The highest BCUT2D eigenvalue weighted by molar-refractivity contribution is 5.76. The summed E-state index contributed by atoms with van der Waals surface area (Å²) in [4.78, 5) is 24.5. The van der Waals surface area contributed by atoms with Crippen molar-refractivity contribution in [1.29, 1.82) is 0 Å². The Kier molecular flexibility index (Phi) is 59.0. The first-order valence-corrected chi connectivity index (χ1v) is 31.8. The molecule has 0 aromatic heterocycles. The summed E-state index contributed by atoms with van der Waals surface area (Å²) in [7, 11) is 0. The Labute approximate surface area is 443 Å². The first-order valence-electron chi connectivity index (χ1n) is 31.8. The van der Waals surface area contributed by atoms with Crippen LogP contribution in [0.1, 0.15) is 341 Å². The van der Waals surface area contributed by atoms with E-state index < -0.39 is 12.1 Å². The Balaban J connectivity index is 3.34. The van der Waals surface area contributed by atoms with E-state index in [0.717, 1.165) is 51.4 Å². The lowest BCUT2D eigenvalue weighted by molar-refractivity contribution is -0.143. The molecule has 0 aliphatic heterocycles. The molecular weight excluding hydrogens is 875 g/mol. The Morgan fingerprint density at radius 1 is 0.394 bits per heavy atom. The molecular formula is C65H123NO5. The van der Waals surface area contributed by atoms with Crippen molar-refractivity contribution in [1.82, 2.24) is 5.32 Å². The summed E-state index contributed by atoms with van der Waals surface area (Å²) in [5, 5.41) is 23.1. The van der Waals surface area contributed by atoms with Crippen LogP contribution in [-0.2, 0) is 14.3 Å². The number of unbranched alkanes of at least 4 members (excludes halogenated alkanes) is 44. The van der Waals surface area contributed by atoms with Gasteiger partial charge in [0, 0.05) is 12.8 Å². The number of aliphatic hydroxyl groups excluding tert-OH is 2. The summed E-state index contributed by atoms with van der Waals surface area (Å²) >= 11 is 0. The van der Waals surface area contributed by atoms with E-state index in [2.05, 4.69) is 43.5 Å². The summed E-state index contributed by atoms with van der Waals surface area (Å²) in [6.07, 6.45) is 76.3. The second-order valence-electron chi connectivity index (χ2n) is 21.7. The zero-order chi connectivity index (χ0) is 51.4. The number of rotatable bonds is 59. The smallest absolute Gasteiger partial charge is 0.305 e. The van der Waals surface area contributed by atoms with Crippen molar-refractivity contribution < 1.29 is 24.5 Å². The number of carbonyl (C=O) groups is 2. The van der Waals surface area contributed by atoms with Crippen LogP contribution in [0.15, 0.2) is 36.5 Å². The maximum Gasteiger partial charge on any atom is 0.305 e. The quantitative estimate of drug-likeness (QED) is 0.0321. The van der Waals surface area contributed by atoms with E-state index in [1.807, 2.05) is 6.08 Å². The third-order valence-electron chi connectivity index (χ3n) is 14.6. The minimum absolute atomic E-state index is 0.00361. The Morgan fingerprint density at radius 3 is 1.13 bits per heavy atom. The second-order valence-corrected chi connectivity index (χ2v) is 21.7. The molecule has 0 aliphatic carbocycles. The molecule has 0 radical (unpaired) electrons. The van der Waals surface area contributed by atoms with Crippen molar-refractivity contribution in [3.05, 3.63) is 36.5 Å². The number of esters is 1. The van der Waals surface area contributed by atoms with Gasteiger partial charge in [0.1, 0.15) is 0 Å². The van der Waals surface area contributed by atoms with Gasteiger partial charge in [-0.2, -0.15) is 0 Å². The molecule has 418 valence electrons. The number of aliphatic hydroxyl groups is 2. The third kappa shape index (κ3) is 57.2. The van der Waals surface area contributed by atoms with Crippen LogP contribution in [0.3, 0.4) is 0 Å². The molecule has 0 saturated heterocycles. The van der Waals surface area contributed by atoms with Crippen LogP contribution in [0.5, 0.6) is 0 Å². The normalized spacial score (nSPS) is 12.8. The fraction of sp³-hybridized carbons (Fsp3) is 0.877. The number of allylic oxidation sites excluding steroid dienone is 5. The predicted octanol–water partition coefficient (Wildman–Crippen LogP) is 20.0. The molecule has 0 heterocycles. The van der Waals surface area contributed by atoms with E-state index in [9.17, 15) is 19.8 Å². The van der Waals surface area contributed by atoms with Gasteiger partial charge in [-0.3, -0.25) is 9.59 Å². The van der Waals surface area contributed by atoms with Crippen LogP contribution in [0.2, 0.25) is 0 Å². The highest BCUT2D eigenvalue weighted by Gasteiger charge is 2.18. The summed E-state index contributed by atoms with van der Waals surface area (Å²) in [5.74, 6) is -0.0608. The van der Waals surface area contributed by atoms with Gasteiger partial charge in [-0.25, -0.2) is 0 Å². The van der Waals surface area contributed by atoms with Crippen molar-refractivity contribution in [3.8, 4) is 0 Å². The summed E-state index contributed by atoms with van der Waals surface area (Å²) in [5.41, 5.74) is 0. The van der Waals surface area contributed by atoms with Gasteiger partial charge in [-0.05, 0) is 57.8 Å². The van der Waals surface area contributed by atoms with Gasteiger partial charge >= 0.3 is 5.97 Å². The van der Waals surface area contributed by atoms with Gasteiger partial charge in [-0.15, -0.1) is 0 Å². The number of carbonyl (C=O) groups excluding carboxylic acids is 2. The van der Waals surface area contributed by atoms with Crippen LogP contribution in [-0.4, -0.2) is 47.4 Å². The molecule has 0 spiro atoms. The lowest BCUT2D eigenvalue weighted by Gasteiger charge is -2.20. The fourth-order valence-corrected chi connectivity index (χ4v) is 9.79. The molecule has 1 amide bonds. The van der Waals surface area contributed by atoms with E-state index in [1.54, 1.807) is 6.08 Å². The van der Waals surface area contributed by atoms with Crippen LogP contribution in [0.4, 0.5) is 0 Å². The lowest BCUT2D eigenvalue weighted by atomic mass is 10.0. The van der Waals surface area contributed by atoms with Crippen LogP contribution in [0, 0.1) is 0 Å². The average molecular weight is 999 g/mol. The van der Waals surface area contributed by atoms with Gasteiger partial charge in [-0.1, -0.05) is 307 Å². The van der Waals surface area contributed by atoms with E-state index in [0.29, 0.717) is 19.4 Å². The Morgan fingerprint density at radius 2 is 0.732 bits per heavy atom. The van der Waals surface area contributed by atoms with E-state index in [4.69, 9.17) is 4.74 Å². The zero-order valence-electron chi connectivity index (χ0n) is 47.7. The first kappa shape index (κ1) is 69.1. The molecule has 0 aromatic rings. The molecule has 3 N–H and O–H groups in total. The van der Waals surface area contributed by atoms with Gasteiger partial charge < -0.3 is 20.3 Å². The molecule has 2 unspecified atom stereocenters. The van der Waals surface area contributed by atoms with Crippen LogP contribution in [0.25, 0.3) is 0 Å². The third-order valence-corrected chi connectivity index (χ3v) is 14.6. The largest absolute Gasteiger partial charge is 0.466 e.